The minimum Gasteiger partial charge on any atom is -0.211 e. The number of pyridine rings is 1. The number of benzene rings is 5. The molecule has 0 spiro atoms. The molecule has 0 saturated carbocycles. The first-order valence-electron chi connectivity index (χ1n) is 8.96. The fraction of sp³-hybridized carbons (Fsp3) is 0. The maximum absolute atomic E-state index is 3.50. The Balaban J connectivity index is 2.03. The molecule has 1 nitrogen and oxygen atoms in total. The second-order valence-electron chi connectivity index (χ2n) is 6.91. The summed E-state index contributed by atoms with van der Waals surface area (Å²) >= 11 is 0. The molecule has 0 aliphatic carbocycles. The maximum atomic E-state index is 3.50. The van der Waals surface area contributed by atoms with Gasteiger partial charge in [-0.1, -0.05) is 66.7 Å². The van der Waals surface area contributed by atoms with Crippen LogP contribution in [0.2, 0.25) is 0 Å². The Kier molecular flexibility index (Phi) is 2.67. The van der Waals surface area contributed by atoms with Crippen molar-refractivity contribution in [2.75, 3.05) is 0 Å². The lowest BCUT2D eigenvalue weighted by Crippen LogP contribution is -2.02. The maximum Gasteiger partial charge on any atom is 0.219 e. The summed E-state index contributed by atoms with van der Waals surface area (Å²) < 4.78 is 0. The Morgan fingerprint density at radius 2 is 1.00 bits per heavy atom. The van der Waals surface area contributed by atoms with Gasteiger partial charge in [0.1, 0.15) is 0 Å². The fourth-order valence-corrected chi connectivity index (χ4v) is 4.32. The van der Waals surface area contributed by atoms with E-state index in [9.17, 15) is 0 Å². The van der Waals surface area contributed by atoms with Crippen molar-refractivity contribution < 1.29 is 4.98 Å². The Bertz CT molecular complexity index is 1360. The van der Waals surface area contributed by atoms with Gasteiger partial charge in [-0.05, 0) is 44.5 Å². The van der Waals surface area contributed by atoms with Crippen LogP contribution >= 0.6 is 0 Å². The summed E-state index contributed by atoms with van der Waals surface area (Å²) in [7, 11) is 0. The van der Waals surface area contributed by atoms with Crippen LogP contribution in [0.15, 0.2) is 91.1 Å². The monoisotopic (exact) mass is 330 g/mol. The first kappa shape index (κ1) is 13.8. The summed E-state index contributed by atoms with van der Waals surface area (Å²) in [5.74, 6) is 0. The van der Waals surface area contributed by atoms with E-state index < -0.39 is 0 Å². The van der Waals surface area contributed by atoms with Gasteiger partial charge in [0.15, 0.2) is 6.20 Å². The van der Waals surface area contributed by atoms with Crippen molar-refractivity contribution in [3.05, 3.63) is 91.1 Å². The van der Waals surface area contributed by atoms with E-state index >= 15 is 0 Å². The molecule has 1 aromatic heterocycles. The van der Waals surface area contributed by atoms with E-state index in [-0.39, 0.29) is 0 Å². The third-order valence-corrected chi connectivity index (χ3v) is 5.50. The number of H-pyrrole nitrogens is 1. The van der Waals surface area contributed by atoms with Crippen molar-refractivity contribution in [1.29, 1.82) is 0 Å². The van der Waals surface area contributed by atoms with Gasteiger partial charge in [-0.3, -0.25) is 0 Å². The van der Waals surface area contributed by atoms with Gasteiger partial charge >= 0.3 is 0 Å². The van der Waals surface area contributed by atoms with Crippen LogP contribution in [0.5, 0.6) is 0 Å². The highest BCUT2D eigenvalue weighted by Crippen LogP contribution is 2.38. The molecular weight excluding hydrogens is 314 g/mol. The van der Waals surface area contributed by atoms with Crippen LogP contribution in [0.4, 0.5) is 0 Å². The Labute approximate surface area is 150 Å². The Morgan fingerprint density at radius 3 is 1.81 bits per heavy atom. The van der Waals surface area contributed by atoms with Gasteiger partial charge in [0.25, 0.3) is 0 Å². The van der Waals surface area contributed by atoms with E-state index in [0.717, 1.165) is 0 Å². The van der Waals surface area contributed by atoms with E-state index in [1.54, 1.807) is 0 Å². The highest BCUT2D eigenvalue weighted by molar-refractivity contribution is 6.31. The summed E-state index contributed by atoms with van der Waals surface area (Å²) in [6.45, 7) is 0. The molecular formula is C25H16N+. The molecule has 120 valence electrons. The van der Waals surface area contributed by atoms with E-state index in [0.29, 0.717) is 0 Å². The summed E-state index contributed by atoms with van der Waals surface area (Å²) in [5, 5.41) is 11.7. The molecule has 0 fully saturated rings. The lowest BCUT2D eigenvalue weighted by Gasteiger charge is -2.11. The first-order chi connectivity index (χ1) is 12.9. The normalized spacial score (nSPS) is 11.8. The molecule has 1 heteroatoms. The standard InChI is InChI=1S/C25H15N/c1-2-6-21-16(4-1)7-8-17-9-10-18-11-12-19-13-14-20-5-3-15-26-25(20)24(19)23(18)22(17)21/h1-15H/p+1. The molecule has 0 aliphatic heterocycles. The van der Waals surface area contributed by atoms with Gasteiger partial charge in [-0.15, -0.1) is 0 Å². The van der Waals surface area contributed by atoms with Gasteiger partial charge in [0.05, 0.1) is 5.39 Å². The topological polar surface area (TPSA) is 14.1 Å². The third kappa shape index (κ3) is 1.77. The number of rotatable bonds is 0. The van der Waals surface area contributed by atoms with Crippen LogP contribution in [0.25, 0.3) is 54.0 Å². The van der Waals surface area contributed by atoms with Crippen LogP contribution in [0.3, 0.4) is 0 Å². The van der Waals surface area contributed by atoms with E-state index in [1.807, 2.05) is 6.20 Å². The van der Waals surface area contributed by atoms with Crippen LogP contribution in [0, 0.1) is 0 Å². The van der Waals surface area contributed by atoms with Gasteiger partial charge in [0, 0.05) is 16.8 Å². The van der Waals surface area contributed by atoms with Crippen molar-refractivity contribution in [2.45, 2.75) is 0 Å². The fourth-order valence-electron chi connectivity index (χ4n) is 4.32. The van der Waals surface area contributed by atoms with Crippen molar-refractivity contribution in [2.24, 2.45) is 0 Å². The number of hydrogen-bond acceptors (Lipinski definition) is 0. The molecule has 1 heterocycles. The second-order valence-corrected chi connectivity index (χ2v) is 6.91. The summed E-state index contributed by atoms with van der Waals surface area (Å²) in [4.78, 5) is 3.50. The van der Waals surface area contributed by atoms with Crippen molar-refractivity contribution in [3.63, 3.8) is 0 Å². The lowest BCUT2D eigenvalue weighted by atomic mass is 9.92. The average molecular weight is 330 g/mol. The summed E-state index contributed by atoms with van der Waals surface area (Å²) in [6.07, 6.45) is 2.02. The highest BCUT2D eigenvalue weighted by Gasteiger charge is 2.13. The Morgan fingerprint density at radius 1 is 0.423 bits per heavy atom. The smallest absolute Gasteiger partial charge is 0.211 e. The molecule has 6 rings (SSSR count). The lowest BCUT2D eigenvalue weighted by molar-refractivity contribution is -0.343. The van der Waals surface area contributed by atoms with Crippen LogP contribution in [-0.4, -0.2) is 0 Å². The summed E-state index contributed by atoms with van der Waals surface area (Å²) in [5.41, 5.74) is 1.20. The number of nitrogens with one attached hydrogen (secondary N) is 1. The first-order valence-corrected chi connectivity index (χ1v) is 8.96. The van der Waals surface area contributed by atoms with Crippen molar-refractivity contribution in [1.82, 2.24) is 0 Å². The van der Waals surface area contributed by atoms with Crippen LogP contribution < -0.4 is 4.98 Å². The predicted octanol–water partition coefficient (Wildman–Crippen LogP) is 6.27. The molecule has 0 unspecified atom stereocenters. The molecule has 0 atom stereocenters. The summed E-state index contributed by atoms with van der Waals surface area (Å²) in [6, 6.07) is 30.8. The minimum atomic E-state index is 1.20. The molecule has 1 N–H and O–H groups in total. The number of aromatic amines is 1. The zero-order valence-electron chi connectivity index (χ0n) is 14.2. The second kappa shape index (κ2) is 5.03. The molecule has 0 bridgehead atoms. The van der Waals surface area contributed by atoms with Crippen molar-refractivity contribution >= 4 is 54.0 Å². The highest BCUT2D eigenvalue weighted by atomic mass is 14.6. The predicted molar refractivity (Wildman–Crippen MR) is 111 cm³/mol. The van der Waals surface area contributed by atoms with E-state index in [1.165, 1.54) is 54.0 Å². The van der Waals surface area contributed by atoms with Crippen LogP contribution in [-0.2, 0) is 0 Å². The molecule has 0 amide bonds. The number of fused-ring (bicyclic) bond motifs is 9. The third-order valence-electron chi connectivity index (χ3n) is 5.50. The largest absolute Gasteiger partial charge is 0.219 e. The average Bonchev–Trinajstić information content (AvgIpc) is 2.72. The Hall–Kier alpha value is -3.45. The van der Waals surface area contributed by atoms with Crippen LogP contribution in [0.1, 0.15) is 0 Å². The van der Waals surface area contributed by atoms with Gasteiger partial charge in [0.2, 0.25) is 5.52 Å². The molecule has 26 heavy (non-hydrogen) atoms. The molecule has 5 aromatic carbocycles. The van der Waals surface area contributed by atoms with Crippen molar-refractivity contribution in [3.8, 4) is 0 Å². The molecule has 0 saturated heterocycles. The SMILES string of the molecule is c1ccc2c(c1)ccc1ccc3ccc4ccc5ccc[nH+]c5c4c3c12. The zero-order valence-corrected chi connectivity index (χ0v) is 14.2. The molecule has 0 radical (unpaired) electrons. The quantitative estimate of drug-likeness (QED) is 0.292. The minimum absolute atomic E-state index is 1.20. The zero-order chi connectivity index (χ0) is 17.1. The van der Waals surface area contributed by atoms with Gasteiger partial charge in [-0.25, -0.2) is 4.98 Å². The number of aromatic nitrogens is 1. The van der Waals surface area contributed by atoms with Gasteiger partial charge < -0.3 is 0 Å². The van der Waals surface area contributed by atoms with E-state index in [2.05, 4.69) is 89.9 Å². The number of hydrogen-bond donors (Lipinski definition) is 0. The molecule has 0 aliphatic rings. The van der Waals surface area contributed by atoms with Gasteiger partial charge in [-0.2, -0.15) is 0 Å². The van der Waals surface area contributed by atoms with E-state index in [4.69, 9.17) is 0 Å². The molecule has 6 aromatic rings.